The van der Waals surface area contributed by atoms with E-state index < -0.39 is 18.0 Å². The second kappa shape index (κ2) is 12.6. The molecule has 10 nitrogen and oxygen atoms in total. The fourth-order valence-corrected chi connectivity index (χ4v) is 3.70. The summed E-state index contributed by atoms with van der Waals surface area (Å²) in [6.07, 6.45) is 2.80. The topological polar surface area (TPSA) is 149 Å². The number of carbonyl (C=O) groups excluding carboxylic acids is 2. The molecule has 2 aromatic carbocycles. The van der Waals surface area contributed by atoms with Crippen molar-refractivity contribution in [2.75, 3.05) is 12.4 Å². The van der Waals surface area contributed by atoms with Gasteiger partial charge in [0.2, 0.25) is 11.9 Å². The van der Waals surface area contributed by atoms with Gasteiger partial charge in [0, 0.05) is 12.8 Å². The van der Waals surface area contributed by atoms with Crippen LogP contribution in [0, 0.1) is 0 Å². The van der Waals surface area contributed by atoms with E-state index >= 15 is 0 Å². The zero-order chi connectivity index (χ0) is 26.1. The fourth-order valence-electron chi connectivity index (χ4n) is 3.70. The molecule has 1 amide bonds. The number of aryl methyl sites for hydroxylation is 1. The summed E-state index contributed by atoms with van der Waals surface area (Å²) >= 11 is 0. The molecule has 0 fully saturated rings. The van der Waals surface area contributed by atoms with Crippen LogP contribution in [0.4, 0.5) is 5.95 Å². The third-order valence-corrected chi connectivity index (χ3v) is 5.69. The Morgan fingerprint density at radius 2 is 1.86 bits per heavy atom. The number of hydrogen-bond donors (Lipinski definition) is 3. The van der Waals surface area contributed by atoms with Crippen molar-refractivity contribution in [3.8, 4) is 11.1 Å². The van der Waals surface area contributed by atoms with Gasteiger partial charge < -0.3 is 15.6 Å². The lowest BCUT2D eigenvalue weighted by molar-refractivity contribution is -0.142. The number of carbonyl (C=O) groups is 3. The lowest BCUT2D eigenvalue weighted by Gasteiger charge is -2.09. The Hall–Kier alpha value is -4.05. The summed E-state index contributed by atoms with van der Waals surface area (Å²) in [6, 6.07) is 13.6. The number of hydrogen-bond acceptors (Lipinski definition) is 7. The Bertz CT molecular complexity index is 1210. The highest BCUT2D eigenvalue weighted by atomic mass is 16.5. The number of methoxy groups -OCH3 is 1. The van der Waals surface area contributed by atoms with Crippen LogP contribution in [0.3, 0.4) is 0 Å². The van der Waals surface area contributed by atoms with Crippen molar-refractivity contribution in [2.45, 2.75) is 51.6 Å². The monoisotopic (exact) mass is 493 g/mol. The van der Waals surface area contributed by atoms with Crippen LogP contribution in [0.5, 0.6) is 0 Å². The lowest BCUT2D eigenvalue weighted by atomic mass is 9.99. The number of aromatic carboxylic acids is 1. The summed E-state index contributed by atoms with van der Waals surface area (Å²) < 4.78 is 6.33. The van der Waals surface area contributed by atoms with Crippen molar-refractivity contribution in [3.05, 3.63) is 65.5 Å². The first-order valence-corrected chi connectivity index (χ1v) is 11.8. The first-order chi connectivity index (χ1) is 17.3. The molecule has 1 aromatic heterocycles. The van der Waals surface area contributed by atoms with Crippen LogP contribution >= 0.6 is 0 Å². The molecular formula is C26H31N5O5. The Morgan fingerprint density at radius 3 is 2.53 bits per heavy atom. The minimum absolute atomic E-state index is 0.0361. The van der Waals surface area contributed by atoms with Gasteiger partial charge in [-0.1, -0.05) is 55.8 Å². The van der Waals surface area contributed by atoms with Gasteiger partial charge in [0.05, 0.1) is 19.2 Å². The smallest absolute Gasteiger partial charge is 0.336 e. The number of nitrogens with zero attached hydrogens (tertiary/aromatic N) is 3. The summed E-state index contributed by atoms with van der Waals surface area (Å²) in [5.41, 5.74) is 8.35. The molecule has 0 saturated carbocycles. The third kappa shape index (κ3) is 6.98. The molecule has 1 atom stereocenters. The van der Waals surface area contributed by atoms with Gasteiger partial charge in [0.1, 0.15) is 11.9 Å². The third-order valence-electron chi connectivity index (χ3n) is 5.69. The van der Waals surface area contributed by atoms with Gasteiger partial charge in [-0.15, -0.1) is 5.10 Å². The van der Waals surface area contributed by atoms with Crippen molar-refractivity contribution in [1.82, 2.24) is 14.8 Å². The summed E-state index contributed by atoms with van der Waals surface area (Å²) in [4.78, 5) is 39.8. The number of nitrogens with two attached hydrogens (primary N) is 1. The van der Waals surface area contributed by atoms with Crippen LogP contribution in [0.15, 0.2) is 48.5 Å². The number of aromatic nitrogens is 3. The molecule has 3 aromatic rings. The van der Waals surface area contributed by atoms with E-state index in [-0.39, 0.29) is 30.3 Å². The summed E-state index contributed by atoms with van der Waals surface area (Å²) in [7, 11) is 1.25. The van der Waals surface area contributed by atoms with Crippen LogP contribution in [-0.4, -0.2) is 50.9 Å². The van der Waals surface area contributed by atoms with E-state index in [0.717, 1.165) is 29.8 Å². The Balaban J connectivity index is 1.72. The SMILES string of the molecule is CCCCc1nc(NC(=O)CCC(N)C(=O)OC)nn1Cc1ccc(-c2ccccc2C(=O)O)cc1. The minimum Gasteiger partial charge on any atom is -0.478 e. The number of unbranched alkanes of at least 4 members (excludes halogenated alkanes) is 1. The minimum atomic E-state index is -0.972. The predicted molar refractivity (Wildman–Crippen MR) is 134 cm³/mol. The largest absolute Gasteiger partial charge is 0.478 e. The average molecular weight is 494 g/mol. The fraction of sp³-hybridized carbons (Fsp3) is 0.346. The maximum Gasteiger partial charge on any atom is 0.336 e. The van der Waals surface area contributed by atoms with Gasteiger partial charge in [0.25, 0.3) is 0 Å². The summed E-state index contributed by atoms with van der Waals surface area (Å²) in [5.74, 6) is -0.928. The van der Waals surface area contributed by atoms with E-state index in [2.05, 4.69) is 27.1 Å². The number of ether oxygens (including phenoxy) is 1. The number of amides is 1. The van der Waals surface area contributed by atoms with Crippen LogP contribution in [0.2, 0.25) is 0 Å². The molecule has 1 unspecified atom stereocenters. The molecule has 0 aliphatic heterocycles. The normalized spacial score (nSPS) is 11.6. The van der Waals surface area contributed by atoms with E-state index in [0.29, 0.717) is 18.5 Å². The number of nitrogens with one attached hydrogen (secondary N) is 1. The Labute approximate surface area is 209 Å². The number of anilines is 1. The zero-order valence-electron chi connectivity index (χ0n) is 20.4. The number of carboxylic acid groups (broad SMARTS) is 1. The van der Waals surface area contributed by atoms with Crippen molar-refractivity contribution < 1.29 is 24.2 Å². The number of carboxylic acids is 1. The molecule has 0 spiro atoms. The first-order valence-electron chi connectivity index (χ1n) is 11.8. The highest BCUT2D eigenvalue weighted by Crippen LogP contribution is 2.24. The van der Waals surface area contributed by atoms with Gasteiger partial charge in [-0.2, -0.15) is 4.98 Å². The molecule has 0 radical (unpaired) electrons. The highest BCUT2D eigenvalue weighted by Gasteiger charge is 2.17. The highest BCUT2D eigenvalue weighted by molar-refractivity contribution is 5.96. The van der Waals surface area contributed by atoms with Crippen molar-refractivity contribution in [2.24, 2.45) is 5.73 Å². The van der Waals surface area contributed by atoms with Gasteiger partial charge in [0.15, 0.2) is 0 Å². The van der Waals surface area contributed by atoms with Gasteiger partial charge >= 0.3 is 11.9 Å². The molecule has 4 N–H and O–H groups in total. The van der Waals surface area contributed by atoms with Crippen molar-refractivity contribution in [3.63, 3.8) is 0 Å². The summed E-state index contributed by atoms with van der Waals surface area (Å²) in [5, 5.41) is 16.6. The molecule has 36 heavy (non-hydrogen) atoms. The molecule has 0 aliphatic rings. The molecule has 0 aliphatic carbocycles. The van der Waals surface area contributed by atoms with E-state index in [1.165, 1.54) is 7.11 Å². The molecule has 3 rings (SSSR count). The summed E-state index contributed by atoms with van der Waals surface area (Å²) in [6.45, 7) is 2.53. The lowest BCUT2D eigenvalue weighted by Crippen LogP contribution is -2.32. The van der Waals surface area contributed by atoms with E-state index in [9.17, 15) is 19.5 Å². The molecule has 0 saturated heterocycles. The number of rotatable bonds is 12. The maximum absolute atomic E-state index is 12.3. The molecule has 10 heteroatoms. The quantitative estimate of drug-likeness (QED) is 0.326. The number of esters is 1. The molecule has 190 valence electrons. The van der Waals surface area contributed by atoms with Crippen LogP contribution in [0.1, 0.15) is 54.4 Å². The Kier molecular flexibility index (Phi) is 9.29. The average Bonchev–Trinajstić information content (AvgIpc) is 3.26. The van der Waals surface area contributed by atoms with E-state index in [1.54, 1.807) is 22.9 Å². The maximum atomic E-state index is 12.3. The van der Waals surface area contributed by atoms with E-state index in [1.807, 2.05) is 30.3 Å². The van der Waals surface area contributed by atoms with Crippen molar-refractivity contribution in [1.29, 1.82) is 0 Å². The number of benzene rings is 2. The van der Waals surface area contributed by atoms with Crippen LogP contribution in [0.25, 0.3) is 11.1 Å². The predicted octanol–water partition coefficient (Wildman–Crippen LogP) is 3.25. The zero-order valence-corrected chi connectivity index (χ0v) is 20.4. The molecule has 1 heterocycles. The van der Waals surface area contributed by atoms with Gasteiger partial charge in [-0.25, -0.2) is 9.48 Å². The standard InChI is InChI=1S/C26H31N5O5/c1-3-4-9-22-28-26(29-23(32)15-14-21(27)25(35)36-2)30-31(22)16-17-10-12-18(13-11-17)19-7-5-6-8-20(19)24(33)34/h5-8,10-13,21H,3-4,9,14-16,27H2,1-2H3,(H,33,34)(H,29,30,32). The molecule has 0 bridgehead atoms. The van der Waals surface area contributed by atoms with Gasteiger partial charge in [-0.3, -0.25) is 14.9 Å². The van der Waals surface area contributed by atoms with Gasteiger partial charge in [-0.05, 0) is 35.6 Å². The molecular weight excluding hydrogens is 462 g/mol. The van der Waals surface area contributed by atoms with Crippen molar-refractivity contribution >= 4 is 23.8 Å². The van der Waals surface area contributed by atoms with E-state index in [4.69, 9.17) is 5.73 Å². The van der Waals surface area contributed by atoms with Crippen LogP contribution in [-0.2, 0) is 27.3 Å². The second-order valence-electron chi connectivity index (χ2n) is 8.38. The second-order valence-corrected chi connectivity index (χ2v) is 8.38. The first kappa shape index (κ1) is 26.6. The Morgan fingerprint density at radius 1 is 1.14 bits per heavy atom. The van der Waals surface area contributed by atoms with Crippen LogP contribution < -0.4 is 11.1 Å².